The van der Waals surface area contributed by atoms with E-state index in [2.05, 4.69) is 0 Å². The molecule has 1 heterocycles. The molecule has 1 aliphatic rings. The van der Waals surface area contributed by atoms with Crippen LogP contribution in [0, 0.1) is 0 Å². The van der Waals surface area contributed by atoms with E-state index in [0.717, 1.165) is 0 Å². The first-order valence-corrected chi connectivity index (χ1v) is 7.00. The van der Waals surface area contributed by atoms with Gasteiger partial charge >= 0.3 is 0 Å². The van der Waals surface area contributed by atoms with Gasteiger partial charge in [0.1, 0.15) is 0 Å². The minimum absolute atomic E-state index is 0.508. The van der Waals surface area contributed by atoms with Gasteiger partial charge in [-0.3, -0.25) is 0 Å². The zero-order chi connectivity index (χ0) is 8.49. The topological polar surface area (TPSA) is 0 Å². The van der Waals surface area contributed by atoms with Gasteiger partial charge in [-0.15, -0.1) is 0 Å². The van der Waals surface area contributed by atoms with E-state index in [0.29, 0.717) is 9.52 Å². The molecule has 0 atom stereocenters. The van der Waals surface area contributed by atoms with Crippen LogP contribution in [-0.4, -0.2) is 9.52 Å². The van der Waals surface area contributed by atoms with Crippen molar-refractivity contribution in [1.29, 1.82) is 0 Å². The molecule has 1 aromatic rings. The molecule has 2 rings (SSSR count). The molecule has 66 valence electrons. The highest BCUT2D eigenvalue weighted by Crippen LogP contribution is 2.10. The lowest BCUT2D eigenvalue weighted by atomic mass is 10.3. The Bertz CT molecular complexity index is 129. The molecule has 0 unspecified atom stereocenters. The Morgan fingerprint density at radius 3 is 1.17 bits per heavy atom. The van der Waals surface area contributed by atoms with E-state index in [1.54, 1.807) is 24.9 Å². The minimum atomic E-state index is 0.508. The van der Waals surface area contributed by atoms with Crippen molar-refractivity contribution in [3.8, 4) is 0 Å². The maximum atomic E-state index is 2.00. The van der Waals surface area contributed by atoms with Crippen LogP contribution in [-0.2, 0) is 0 Å². The summed E-state index contributed by atoms with van der Waals surface area (Å²) in [6.07, 6.45) is 4.66. The van der Waals surface area contributed by atoms with Crippen LogP contribution in [0.25, 0.3) is 0 Å². The van der Waals surface area contributed by atoms with Gasteiger partial charge in [0, 0.05) is 9.52 Å². The minimum Gasteiger partial charge on any atom is -0.0628 e. The van der Waals surface area contributed by atoms with Gasteiger partial charge < -0.3 is 0 Å². The predicted molar refractivity (Wildman–Crippen MR) is 58.5 cm³/mol. The fourth-order valence-corrected chi connectivity index (χ4v) is 3.21. The van der Waals surface area contributed by atoms with Crippen molar-refractivity contribution in [2.45, 2.75) is 31.4 Å². The maximum Gasteiger partial charge on any atom is 0.0197 e. The van der Waals surface area contributed by atoms with E-state index >= 15 is 0 Å². The third kappa shape index (κ3) is 5.14. The van der Waals surface area contributed by atoms with Crippen LogP contribution in [0.1, 0.15) is 19.3 Å². The molecule has 0 aliphatic carbocycles. The lowest BCUT2D eigenvalue weighted by Gasteiger charge is -2.04. The molecule has 0 saturated carbocycles. The molecule has 0 N–H and O–H groups in total. The van der Waals surface area contributed by atoms with Gasteiger partial charge in [0.05, 0.1) is 0 Å². The van der Waals surface area contributed by atoms with E-state index in [9.17, 15) is 0 Å². The molecule has 1 saturated heterocycles. The molecule has 0 aromatic heterocycles. The highest BCUT2D eigenvalue weighted by Gasteiger charge is 1.96. The summed E-state index contributed by atoms with van der Waals surface area (Å²) in [6, 6.07) is 15.3. The molecular formula is C11H18Si. The Hall–Kier alpha value is -0.563. The van der Waals surface area contributed by atoms with Gasteiger partial charge in [0.25, 0.3) is 0 Å². The highest BCUT2D eigenvalue weighted by molar-refractivity contribution is 6.35. The van der Waals surface area contributed by atoms with E-state index in [1.165, 1.54) is 6.42 Å². The fourth-order valence-electron chi connectivity index (χ4n) is 1.45. The highest BCUT2D eigenvalue weighted by atomic mass is 28.2. The summed E-state index contributed by atoms with van der Waals surface area (Å²) in [5.41, 5.74) is 0. The molecule has 12 heavy (non-hydrogen) atoms. The molecule has 1 heteroatoms. The largest absolute Gasteiger partial charge is 0.0628 e. The monoisotopic (exact) mass is 178 g/mol. The van der Waals surface area contributed by atoms with Gasteiger partial charge in [-0.2, -0.15) is 0 Å². The van der Waals surface area contributed by atoms with Crippen LogP contribution >= 0.6 is 0 Å². The van der Waals surface area contributed by atoms with E-state index < -0.39 is 0 Å². The number of hydrogen-bond acceptors (Lipinski definition) is 0. The first-order chi connectivity index (χ1) is 6.00. The van der Waals surface area contributed by atoms with Crippen molar-refractivity contribution in [2.75, 3.05) is 0 Å². The zero-order valence-electron chi connectivity index (χ0n) is 7.71. The van der Waals surface area contributed by atoms with Crippen LogP contribution in [0.4, 0.5) is 0 Å². The number of benzene rings is 1. The Balaban J connectivity index is 0.000000120. The smallest absolute Gasteiger partial charge is 0.0197 e. The second-order valence-corrected chi connectivity index (χ2v) is 5.40. The second kappa shape index (κ2) is 7.11. The Morgan fingerprint density at radius 2 is 1.00 bits per heavy atom. The van der Waals surface area contributed by atoms with E-state index in [1.807, 2.05) is 36.4 Å². The van der Waals surface area contributed by atoms with Crippen LogP contribution < -0.4 is 0 Å². The third-order valence-corrected chi connectivity index (χ3v) is 4.17. The summed E-state index contributed by atoms with van der Waals surface area (Å²) < 4.78 is 0. The van der Waals surface area contributed by atoms with Crippen molar-refractivity contribution in [2.24, 2.45) is 0 Å². The summed E-state index contributed by atoms with van der Waals surface area (Å²) >= 11 is 0. The summed E-state index contributed by atoms with van der Waals surface area (Å²) in [5.74, 6) is 0. The molecule has 1 fully saturated rings. The van der Waals surface area contributed by atoms with Gasteiger partial charge in [-0.05, 0) is 0 Å². The van der Waals surface area contributed by atoms with Crippen molar-refractivity contribution in [3.05, 3.63) is 36.4 Å². The second-order valence-electron chi connectivity index (χ2n) is 3.28. The normalized spacial score (nSPS) is 16.0. The van der Waals surface area contributed by atoms with Crippen LogP contribution in [0.3, 0.4) is 0 Å². The molecular weight excluding hydrogens is 160 g/mol. The lowest BCUT2D eigenvalue weighted by Crippen LogP contribution is -1.94. The van der Waals surface area contributed by atoms with Gasteiger partial charge in [0.15, 0.2) is 0 Å². The van der Waals surface area contributed by atoms with E-state index in [-0.39, 0.29) is 0 Å². The van der Waals surface area contributed by atoms with Crippen molar-refractivity contribution >= 4 is 9.52 Å². The first kappa shape index (κ1) is 9.52. The van der Waals surface area contributed by atoms with Crippen molar-refractivity contribution < 1.29 is 0 Å². The van der Waals surface area contributed by atoms with Crippen molar-refractivity contribution in [1.82, 2.24) is 0 Å². The summed E-state index contributed by atoms with van der Waals surface area (Å²) in [7, 11) is 0.508. The molecule has 1 aliphatic heterocycles. The average molecular weight is 178 g/mol. The lowest BCUT2D eigenvalue weighted by molar-refractivity contribution is 0.734. The third-order valence-electron chi connectivity index (χ3n) is 2.17. The van der Waals surface area contributed by atoms with Crippen LogP contribution in [0.5, 0.6) is 0 Å². The summed E-state index contributed by atoms with van der Waals surface area (Å²) in [6.45, 7) is 0. The van der Waals surface area contributed by atoms with E-state index in [4.69, 9.17) is 0 Å². The maximum absolute atomic E-state index is 2.00. The van der Waals surface area contributed by atoms with Crippen LogP contribution in [0.15, 0.2) is 36.4 Å². The van der Waals surface area contributed by atoms with Gasteiger partial charge in [-0.1, -0.05) is 67.7 Å². The Kier molecular flexibility index (Phi) is 5.64. The zero-order valence-corrected chi connectivity index (χ0v) is 9.12. The molecule has 0 nitrogen and oxygen atoms in total. The molecule has 0 spiro atoms. The molecule has 0 amide bonds. The fraction of sp³-hybridized carbons (Fsp3) is 0.455. The summed E-state index contributed by atoms with van der Waals surface area (Å²) in [4.78, 5) is 0. The quantitative estimate of drug-likeness (QED) is 0.536. The van der Waals surface area contributed by atoms with Crippen molar-refractivity contribution in [3.63, 3.8) is 0 Å². The molecule has 1 aromatic carbocycles. The standard InChI is InChI=1S/C6H6.C5H12Si/c2*1-2-4-6-5-3-1/h1-6H;1-6H2. The number of hydrogen-bond donors (Lipinski definition) is 0. The summed E-state index contributed by atoms with van der Waals surface area (Å²) in [5, 5.41) is 0. The van der Waals surface area contributed by atoms with Gasteiger partial charge in [-0.25, -0.2) is 0 Å². The Labute approximate surface area is 77.8 Å². The number of rotatable bonds is 0. The average Bonchev–Trinajstić information content (AvgIpc) is 2.24. The first-order valence-electron chi connectivity index (χ1n) is 5.00. The molecule has 0 bridgehead atoms. The van der Waals surface area contributed by atoms with Crippen LogP contribution in [0.2, 0.25) is 12.1 Å². The van der Waals surface area contributed by atoms with Gasteiger partial charge in [0.2, 0.25) is 0 Å². The SMILES string of the molecule is C1CC[SiH2]CC1.c1ccccc1. The molecule has 0 radical (unpaired) electrons. The Morgan fingerprint density at radius 1 is 0.583 bits per heavy atom. The predicted octanol–water partition coefficient (Wildman–Crippen LogP) is 2.86.